The second-order valence-electron chi connectivity index (χ2n) is 12.8. The van der Waals surface area contributed by atoms with Gasteiger partial charge in [-0.3, -0.25) is 0 Å². The van der Waals surface area contributed by atoms with Crippen molar-refractivity contribution >= 4 is 0 Å². The second kappa shape index (κ2) is 12.4. The van der Waals surface area contributed by atoms with Gasteiger partial charge in [0.2, 0.25) is 5.75 Å². The summed E-state index contributed by atoms with van der Waals surface area (Å²) in [4.78, 5) is 2.87. The smallest absolute Gasteiger partial charge is 0.204 e. The van der Waals surface area contributed by atoms with Crippen LogP contribution in [0.15, 0.2) is 60.7 Å². The Morgan fingerprint density at radius 3 is 1.96 bits per heavy atom. The van der Waals surface area contributed by atoms with Gasteiger partial charge in [-0.2, -0.15) is 0 Å². The largest absolute Gasteiger partial charge is 0.493 e. The van der Waals surface area contributed by atoms with Gasteiger partial charge in [0, 0.05) is 31.2 Å². The number of likely N-dealkylation sites (N-methyl/N-ethyl adjacent to an activating group) is 2. The first-order valence-electron chi connectivity index (χ1n) is 16.1. The molecular formula is C38H44N2O6+2. The average Bonchev–Trinajstić information content (AvgIpc) is 3.07. The number of rotatable bonds is 4. The van der Waals surface area contributed by atoms with Crippen LogP contribution in [0.5, 0.6) is 46.0 Å². The van der Waals surface area contributed by atoms with Crippen molar-refractivity contribution < 1.29 is 38.2 Å². The van der Waals surface area contributed by atoms with Crippen LogP contribution in [0.2, 0.25) is 0 Å². The molecule has 0 aliphatic carbocycles. The standard InChI is InChI=1S/C38H42N2O6/c1-39-15-13-25-20-32(42-4)34-22-28(25)29(39)17-23-7-10-27(11-8-23)45-33-19-24(9-12-31(33)41-3)18-30-36-26(14-16-40(30)2)21-35(43-5)37(44-6)38(36)46-34/h7-12,19-22,29-30H,13-18H2,1-6H3/p+2/t29-,30-/m1/s1. The van der Waals surface area contributed by atoms with E-state index in [1.807, 2.05) is 6.07 Å². The molecule has 2 unspecified atom stereocenters. The van der Waals surface area contributed by atoms with E-state index >= 15 is 0 Å². The maximum absolute atomic E-state index is 7.05. The summed E-state index contributed by atoms with van der Waals surface area (Å²) in [7, 11) is 11.3. The Bertz CT molecular complexity index is 1750. The van der Waals surface area contributed by atoms with Crippen LogP contribution >= 0.6 is 0 Å². The van der Waals surface area contributed by atoms with Gasteiger partial charge < -0.3 is 38.2 Å². The predicted molar refractivity (Wildman–Crippen MR) is 176 cm³/mol. The van der Waals surface area contributed by atoms with Crippen LogP contribution in [0, 0.1) is 0 Å². The highest BCUT2D eigenvalue weighted by atomic mass is 16.5. The molecule has 0 spiro atoms. The molecule has 0 saturated heterocycles. The molecule has 0 radical (unpaired) electrons. The van der Waals surface area contributed by atoms with E-state index in [0.717, 1.165) is 61.4 Å². The number of methoxy groups -OCH3 is 4. The molecule has 4 aliphatic heterocycles. The molecule has 4 atom stereocenters. The maximum Gasteiger partial charge on any atom is 0.204 e. The third-order valence-electron chi connectivity index (χ3n) is 10.1. The molecule has 8 nitrogen and oxygen atoms in total. The van der Waals surface area contributed by atoms with Crippen molar-refractivity contribution in [2.24, 2.45) is 0 Å². The number of fused-ring (bicyclic) bond motifs is 2. The average molecular weight is 625 g/mol. The highest BCUT2D eigenvalue weighted by Gasteiger charge is 2.37. The molecule has 4 heterocycles. The first-order chi connectivity index (χ1) is 22.4. The lowest BCUT2D eigenvalue weighted by atomic mass is 9.87. The van der Waals surface area contributed by atoms with Gasteiger partial charge in [-0.15, -0.1) is 0 Å². The van der Waals surface area contributed by atoms with Crippen molar-refractivity contribution in [2.75, 3.05) is 55.6 Å². The van der Waals surface area contributed by atoms with Gasteiger partial charge >= 0.3 is 0 Å². The van der Waals surface area contributed by atoms with E-state index in [1.54, 1.807) is 28.4 Å². The molecule has 4 aliphatic rings. The van der Waals surface area contributed by atoms with Gasteiger partial charge in [0.25, 0.3) is 0 Å². The van der Waals surface area contributed by atoms with Crippen molar-refractivity contribution in [3.8, 4) is 46.0 Å². The number of nitrogens with one attached hydrogen (secondary N) is 2. The summed E-state index contributed by atoms with van der Waals surface area (Å²) in [6, 6.07) is 21.5. The van der Waals surface area contributed by atoms with Crippen molar-refractivity contribution in [2.45, 2.75) is 37.8 Å². The number of hydrogen-bond acceptors (Lipinski definition) is 6. The third-order valence-corrected chi connectivity index (χ3v) is 10.1. The predicted octanol–water partition coefficient (Wildman–Crippen LogP) is 4.33. The summed E-state index contributed by atoms with van der Waals surface area (Å²) in [5, 5.41) is 0. The van der Waals surface area contributed by atoms with Crippen LogP contribution in [0.4, 0.5) is 0 Å². The van der Waals surface area contributed by atoms with E-state index in [-0.39, 0.29) is 12.1 Å². The Kier molecular flexibility index (Phi) is 8.17. The first kappa shape index (κ1) is 30.3. The Morgan fingerprint density at radius 2 is 1.24 bits per heavy atom. The van der Waals surface area contributed by atoms with Gasteiger partial charge in [-0.25, -0.2) is 0 Å². The van der Waals surface area contributed by atoms with Crippen LogP contribution in [0.25, 0.3) is 0 Å². The van der Waals surface area contributed by atoms with E-state index in [1.165, 1.54) is 32.1 Å². The summed E-state index contributed by atoms with van der Waals surface area (Å²) < 4.78 is 37.2. The topological polar surface area (TPSA) is 64.3 Å². The van der Waals surface area contributed by atoms with Gasteiger partial charge in [0.1, 0.15) is 17.8 Å². The normalized spacial score (nSPS) is 21.5. The van der Waals surface area contributed by atoms with Gasteiger partial charge in [0.15, 0.2) is 34.5 Å². The zero-order valence-corrected chi connectivity index (χ0v) is 27.6. The van der Waals surface area contributed by atoms with Crippen LogP contribution < -0.4 is 38.2 Å². The lowest BCUT2D eigenvalue weighted by Crippen LogP contribution is -3.10. The van der Waals surface area contributed by atoms with Crippen LogP contribution in [0.3, 0.4) is 0 Å². The summed E-state index contributed by atoms with van der Waals surface area (Å²) in [6.45, 7) is 2.03. The number of hydrogen-bond donors (Lipinski definition) is 2. The summed E-state index contributed by atoms with van der Waals surface area (Å²) in [5.41, 5.74) is 7.33. The Morgan fingerprint density at radius 1 is 0.609 bits per heavy atom. The number of quaternary nitrogens is 2. The molecule has 2 N–H and O–H groups in total. The Hall–Kier alpha value is -4.40. The van der Waals surface area contributed by atoms with Crippen molar-refractivity contribution in [1.29, 1.82) is 0 Å². The fraction of sp³-hybridized carbons (Fsp3) is 0.368. The van der Waals surface area contributed by atoms with Crippen LogP contribution in [0.1, 0.15) is 45.5 Å². The van der Waals surface area contributed by atoms with Crippen molar-refractivity contribution in [1.82, 2.24) is 0 Å². The fourth-order valence-electron chi connectivity index (χ4n) is 7.53. The molecule has 0 amide bonds. The van der Waals surface area contributed by atoms with Gasteiger partial charge in [-0.1, -0.05) is 18.2 Å². The van der Waals surface area contributed by atoms with Gasteiger partial charge in [-0.05, 0) is 64.7 Å². The molecule has 0 fully saturated rings. The highest BCUT2D eigenvalue weighted by Crippen LogP contribution is 2.49. The lowest BCUT2D eigenvalue weighted by Gasteiger charge is -2.35. The monoisotopic (exact) mass is 624 g/mol. The summed E-state index contributed by atoms with van der Waals surface area (Å²) in [6.07, 6.45) is 3.53. The molecule has 4 aromatic rings. The van der Waals surface area contributed by atoms with Crippen LogP contribution in [-0.4, -0.2) is 55.6 Å². The first-order valence-corrected chi connectivity index (χ1v) is 16.1. The molecule has 0 saturated carbocycles. The van der Waals surface area contributed by atoms with E-state index in [0.29, 0.717) is 34.5 Å². The second-order valence-corrected chi connectivity index (χ2v) is 12.8. The lowest BCUT2D eigenvalue weighted by molar-refractivity contribution is -0.914. The van der Waals surface area contributed by atoms with E-state index in [9.17, 15) is 0 Å². The maximum atomic E-state index is 7.05. The minimum atomic E-state index is 0.0879. The SMILES string of the molecule is COc1ccc2cc1Oc1ccc(cc1)C[C@@H]1c3cc(c(OC)cc3CC[NH+]1C)Oc1c(OC)c(OC)cc3c1[C@@H](C2)[NH+](C)CC3. The van der Waals surface area contributed by atoms with Crippen molar-refractivity contribution in [3.05, 3.63) is 94.0 Å². The molecule has 46 heavy (non-hydrogen) atoms. The van der Waals surface area contributed by atoms with E-state index in [2.05, 4.69) is 68.7 Å². The molecule has 240 valence electrons. The minimum Gasteiger partial charge on any atom is -0.493 e. The fourth-order valence-corrected chi connectivity index (χ4v) is 7.53. The Balaban J connectivity index is 1.47. The highest BCUT2D eigenvalue weighted by molar-refractivity contribution is 5.63. The minimum absolute atomic E-state index is 0.0879. The van der Waals surface area contributed by atoms with Gasteiger partial charge in [0.05, 0.1) is 61.2 Å². The Labute approximate surface area is 271 Å². The van der Waals surface area contributed by atoms with E-state index < -0.39 is 0 Å². The molecule has 4 aromatic carbocycles. The molecule has 6 bridgehead atoms. The molecule has 0 aromatic heterocycles. The quantitative estimate of drug-likeness (QED) is 0.353. The third kappa shape index (κ3) is 5.39. The van der Waals surface area contributed by atoms with Crippen molar-refractivity contribution in [3.63, 3.8) is 0 Å². The van der Waals surface area contributed by atoms with E-state index in [4.69, 9.17) is 28.4 Å². The number of ether oxygens (including phenoxy) is 6. The zero-order valence-electron chi connectivity index (χ0n) is 27.6. The summed E-state index contributed by atoms with van der Waals surface area (Å²) in [5.74, 6) is 5.54. The molecular weight excluding hydrogens is 580 g/mol. The zero-order chi connectivity index (χ0) is 31.9. The molecule has 8 heteroatoms. The van der Waals surface area contributed by atoms with Crippen LogP contribution in [-0.2, 0) is 25.7 Å². The number of benzene rings is 4. The molecule has 8 rings (SSSR count). The summed E-state index contributed by atoms with van der Waals surface area (Å²) >= 11 is 0.